The molecule has 158 valence electrons. The quantitative estimate of drug-likeness (QED) is 0.564. The van der Waals surface area contributed by atoms with Gasteiger partial charge in [0, 0.05) is 55.7 Å². The monoisotopic (exact) mass is 406 g/mol. The zero-order valence-electron chi connectivity index (χ0n) is 17.9. The fourth-order valence-electron chi connectivity index (χ4n) is 4.19. The number of nitrogens with zero attached hydrogens (tertiary/aromatic N) is 4. The Bertz CT molecular complexity index is 1050. The standard InChI is InChI=1S/C24H30N4O2/c1-19-10-11-20-21(25-19)7-5-8-22(20)27-17-15-26(16-18-27)12-3-4-13-28-14-6-9-23(30-2)24(28)29/h5-11,14H,3-4,12-13,15-18H2,1-2H3. The van der Waals surface area contributed by atoms with Gasteiger partial charge in [0.25, 0.3) is 5.56 Å². The first-order chi connectivity index (χ1) is 14.7. The number of unbranched alkanes of at least 4 members (excludes halogenated alkanes) is 1. The van der Waals surface area contributed by atoms with Gasteiger partial charge in [0.15, 0.2) is 5.75 Å². The van der Waals surface area contributed by atoms with Crippen LogP contribution < -0.4 is 15.2 Å². The van der Waals surface area contributed by atoms with Gasteiger partial charge in [-0.25, -0.2) is 0 Å². The second kappa shape index (κ2) is 9.30. The minimum atomic E-state index is -0.0478. The number of rotatable bonds is 7. The predicted molar refractivity (Wildman–Crippen MR) is 122 cm³/mol. The Hall–Kier alpha value is -2.86. The van der Waals surface area contributed by atoms with Crippen molar-refractivity contribution < 1.29 is 4.74 Å². The highest BCUT2D eigenvalue weighted by molar-refractivity contribution is 5.92. The van der Waals surface area contributed by atoms with Crippen LogP contribution in [0.5, 0.6) is 5.75 Å². The lowest BCUT2D eigenvalue weighted by atomic mass is 10.1. The number of hydrogen-bond acceptors (Lipinski definition) is 5. The number of piperazine rings is 1. The number of ether oxygens (including phenoxy) is 1. The molecule has 1 aliphatic heterocycles. The summed E-state index contributed by atoms with van der Waals surface area (Å²) in [6.07, 6.45) is 3.91. The van der Waals surface area contributed by atoms with Gasteiger partial charge in [-0.05, 0) is 62.7 Å². The molecule has 1 fully saturated rings. The molecule has 0 saturated carbocycles. The number of fused-ring (bicyclic) bond motifs is 1. The average Bonchev–Trinajstić information content (AvgIpc) is 2.77. The van der Waals surface area contributed by atoms with E-state index in [1.54, 1.807) is 10.6 Å². The highest BCUT2D eigenvalue weighted by atomic mass is 16.5. The molecule has 0 bridgehead atoms. The second-order valence-corrected chi connectivity index (χ2v) is 7.91. The zero-order valence-corrected chi connectivity index (χ0v) is 17.9. The summed E-state index contributed by atoms with van der Waals surface area (Å²) in [5.41, 5.74) is 3.37. The van der Waals surface area contributed by atoms with Gasteiger partial charge in [-0.1, -0.05) is 6.07 Å². The Balaban J connectivity index is 1.27. The van der Waals surface area contributed by atoms with E-state index in [0.29, 0.717) is 5.75 Å². The van der Waals surface area contributed by atoms with Crippen molar-refractivity contribution >= 4 is 16.6 Å². The SMILES string of the molecule is COc1cccn(CCCCN2CCN(c3cccc4nc(C)ccc34)CC2)c1=O. The Labute approximate surface area is 177 Å². The van der Waals surface area contributed by atoms with Crippen molar-refractivity contribution in [3.05, 3.63) is 64.7 Å². The number of anilines is 1. The molecule has 0 amide bonds. The van der Waals surface area contributed by atoms with Crippen LogP contribution >= 0.6 is 0 Å². The molecule has 1 aliphatic rings. The molecule has 1 aromatic carbocycles. The highest BCUT2D eigenvalue weighted by Gasteiger charge is 2.18. The molecule has 0 radical (unpaired) electrons. The lowest BCUT2D eigenvalue weighted by Gasteiger charge is -2.36. The van der Waals surface area contributed by atoms with Crippen LogP contribution in [-0.4, -0.2) is 54.3 Å². The lowest BCUT2D eigenvalue weighted by Crippen LogP contribution is -2.46. The number of aryl methyl sites for hydroxylation is 2. The van der Waals surface area contributed by atoms with Crippen molar-refractivity contribution in [1.82, 2.24) is 14.5 Å². The van der Waals surface area contributed by atoms with Crippen molar-refractivity contribution in [2.24, 2.45) is 0 Å². The Kier molecular flexibility index (Phi) is 6.33. The summed E-state index contributed by atoms with van der Waals surface area (Å²) < 4.78 is 6.86. The fraction of sp³-hybridized carbons (Fsp3) is 0.417. The molecule has 0 unspecified atom stereocenters. The molecule has 30 heavy (non-hydrogen) atoms. The molecule has 6 heteroatoms. The van der Waals surface area contributed by atoms with E-state index in [2.05, 4.69) is 45.1 Å². The van der Waals surface area contributed by atoms with Crippen LogP contribution in [0.25, 0.3) is 10.9 Å². The Morgan fingerprint density at radius 1 is 0.967 bits per heavy atom. The van der Waals surface area contributed by atoms with E-state index < -0.39 is 0 Å². The summed E-state index contributed by atoms with van der Waals surface area (Å²) >= 11 is 0. The number of benzene rings is 1. The van der Waals surface area contributed by atoms with Crippen molar-refractivity contribution in [2.75, 3.05) is 44.7 Å². The van der Waals surface area contributed by atoms with Crippen LogP contribution in [-0.2, 0) is 6.54 Å². The van der Waals surface area contributed by atoms with Gasteiger partial charge >= 0.3 is 0 Å². The summed E-state index contributed by atoms with van der Waals surface area (Å²) in [5, 5.41) is 1.24. The van der Waals surface area contributed by atoms with Crippen LogP contribution in [0.4, 0.5) is 5.69 Å². The van der Waals surface area contributed by atoms with E-state index in [9.17, 15) is 4.79 Å². The molecule has 0 spiro atoms. The summed E-state index contributed by atoms with van der Waals surface area (Å²) in [6, 6.07) is 14.3. The summed E-state index contributed by atoms with van der Waals surface area (Å²) in [4.78, 5) is 21.9. The van der Waals surface area contributed by atoms with E-state index in [0.717, 1.165) is 63.3 Å². The molecule has 0 aliphatic carbocycles. The van der Waals surface area contributed by atoms with E-state index in [-0.39, 0.29) is 5.56 Å². The van der Waals surface area contributed by atoms with E-state index in [1.807, 2.05) is 19.2 Å². The fourth-order valence-corrected chi connectivity index (χ4v) is 4.19. The third-order valence-corrected chi connectivity index (χ3v) is 5.89. The molecular weight excluding hydrogens is 376 g/mol. The van der Waals surface area contributed by atoms with Crippen molar-refractivity contribution in [3.8, 4) is 5.75 Å². The Morgan fingerprint density at radius 2 is 1.77 bits per heavy atom. The van der Waals surface area contributed by atoms with Gasteiger partial charge in [0.05, 0.1) is 12.6 Å². The van der Waals surface area contributed by atoms with Crippen LogP contribution in [0.1, 0.15) is 18.5 Å². The number of pyridine rings is 2. The molecule has 0 atom stereocenters. The maximum absolute atomic E-state index is 12.2. The molecular formula is C24H30N4O2. The normalized spacial score (nSPS) is 14.9. The minimum absolute atomic E-state index is 0.0478. The molecule has 3 heterocycles. The van der Waals surface area contributed by atoms with Crippen LogP contribution in [0.3, 0.4) is 0 Å². The van der Waals surface area contributed by atoms with Crippen LogP contribution in [0.15, 0.2) is 53.5 Å². The van der Waals surface area contributed by atoms with Crippen LogP contribution in [0.2, 0.25) is 0 Å². The highest BCUT2D eigenvalue weighted by Crippen LogP contribution is 2.27. The topological polar surface area (TPSA) is 50.6 Å². The third kappa shape index (κ3) is 4.49. The molecule has 0 N–H and O–H groups in total. The molecule has 1 saturated heterocycles. The molecule has 3 aromatic rings. The minimum Gasteiger partial charge on any atom is -0.491 e. The van der Waals surface area contributed by atoms with Gasteiger partial charge in [-0.3, -0.25) is 14.7 Å². The predicted octanol–water partition coefficient (Wildman–Crippen LogP) is 3.32. The van der Waals surface area contributed by atoms with Gasteiger partial charge in [0.2, 0.25) is 0 Å². The van der Waals surface area contributed by atoms with Crippen molar-refractivity contribution in [3.63, 3.8) is 0 Å². The molecule has 4 rings (SSSR count). The molecule has 6 nitrogen and oxygen atoms in total. The largest absolute Gasteiger partial charge is 0.491 e. The first-order valence-corrected chi connectivity index (χ1v) is 10.7. The first kappa shape index (κ1) is 20.4. The summed E-state index contributed by atoms with van der Waals surface area (Å²) in [6.45, 7) is 8.03. The number of methoxy groups -OCH3 is 1. The number of hydrogen-bond donors (Lipinski definition) is 0. The first-order valence-electron chi connectivity index (χ1n) is 10.7. The Morgan fingerprint density at radius 3 is 2.57 bits per heavy atom. The zero-order chi connectivity index (χ0) is 20.9. The lowest BCUT2D eigenvalue weighted by molar-refractivity contribution is 0.251. The smallest absolute Gasteiger partial charge is 0.292 e. The second-order valence-electron chi connectivity index (χ2n) is 7.91. The summed E-state index contributed by atoms with van der Waals surface area (Å²) in [7, 11) is 1.54. The third-order valence-electron chi connectivity index (χ3n) is 5.89. The van der Waals surface area contributed by atoms with Crippen molar-refractivity contribution in [1.29, 1.82) is 0 Å². The van der Waals surface area contributed by atoms with E-state index >= 15 is 0 Å². The van der Waals surface area contributed by atoms with Gasteiger partial charge in [-0.2, -0.15) is 0 Å². The van der Waals surface area contributed by atoms with E-state index in [4.69, 9.17) is 4.74 Å². The van der Waals surface area contributed by atoms with E-state index in [1.165, 1.54) is 18.2 Å². The van der Waals surface area contributed by atoms with Crippen LogP contribution in [0, 0.1) is 6.92 Å². The molecule has 2 aromatic heterocycles. The maximum Gasteiger partial charge on any atom is 0.292 e. The maximum atomic E-state index is 12.2. The van der Waals surface area contributed by atoms with Gasteiger partial charge < -0.3 is 14.2 Å². The van der Waals surface area contributed by atoms with Gasteiger partial charge in [0.1, 0.15) is 0 Å². The van der Waals surface area contributed by atoms with Crippen molar-refractivity contribution in [2.45, 2.75) is 26.3 Å². The number of aromatic nitrogens is 2. The van der Waals surface area contributed by atoms with Gasteiger partial charge in [-0.15, -0.1) is 0 Å². The average molecular weight is 407 g/mol. The summed E-state index contributed by atoms with van der Waals surface area (Å²) in [5.74, 6) is 0.410.